The zero-order valence-electron chi connectivity index (χ0n) is 16.4. The number of benzene rings is 1. The Morgan fingerprint density at radius 2 is 2.15 bits per heavy atom. The van der Waals surface area contributed by atoms with Crippen LogP contribution in [0.5, 0.6) is 5.75 Å². The summed E-state index contributed by atoms with van der Waals surface area (Å²) < 4.78 is 11.6. The Hall–Kier alpha value is -1.79. The summed E-state index contributed by atoms with van der Waals surface area (Å²) in [4.78, 5) is 6.87. The van der Waals surface area contributed by atoms with Gasteiger partial charge in [-0.15, -0.1) is 0 Å². The number of hydrogen-bond acceptors (Lipinski definition) is 4. The second-order valence-corrected chi connectivity index (χ2v) is 7.76. The summed E-state index contributed by atoms with van der Waals surface area (Å²) in [5, 5.41) is 7.04. The smallest absolute Gasteiger partial charge is 0.191 e. The third-order valence-electron chi connectivity index (χ3n) is 5.11. The van der Waals surface area contributed by atoms with Gasteiger partial charge in [0.05, 0.1) is 19.3 Å². The average Bonchev–Trinajstić information content (AvgIpc) is 2.61. The molecule has 2 atom stereocenters. The summed E-state index contributed by atoms with van der Waals surface area (Å²) in [7, 11) is 1.82. The summed E-state index contributed by atoms with van der Waals surface area (Å²) in [6, 6.07) is 8.91. The van der Waals surface area contributed by atoms with Gasteiger partial charge in [-0.05, 0) is 26.8 Å². The van der Waals surface area contributed by atoms with Gasteiger partial charge in [0.25, 0.3) is 0 Å². The summed E-state index contributed by atoms with van der Waals surface area (Å²) >= 11 is 0. The summed E-state index contributed by atoms with van der Waals surface area (Å²) in [5.74, 6) is 1.79. The van der Waals surface area contributed by atoms with Crippen molar-refractivity contribution in [2.75, 3.05) is 39.9 Å². The molecule has 1 fully saturated rings. The van der Waals surface area contributed by atoms with Crippen LogP contribution >= 0.6 is 0 Å². The van der Waals surface area contributed by atoms with Gasteiger partial charge in [0.1, 0.15) is 11.4 Å². The molecular weight excluding hydrogens is 328 g/mol. The number of fused-ring (bicyclic) bond motifs is 1. The number of nitrogens with zero attached hydrogens (tertiary/aromatic N) is 2. The molecule has 1 aromatic rings. The molecular formula is C20H32N4O2. The lowest BCUT2D eigenvalue weighted by Gasteiger charge is -2.38. The van der Waals surface area contributed by atoms with Crippen LogP contribution in [-0.4, -0.2) is 62.4 Å². The van der Waals surface area contributed by atoms with E-state index in [2.05, 4.69) is 53.4 Å². The van der Waals surface area contributed by atoms with Gasteiger partial charge in [0.2, 0.25) is 0 Å². The molecule has 3 rings (SSSR count). The van der Waals surface area contributed by atoms with E-state index in [1.807, 2.05) is 19.2 Å². The van der Waals surface area contributed by atoms with Crippen LogP contribution in [0.2, 0.25) is 0 Å². The molecule has 0 amide bonds. The zero-order chi connectivity index (χ0) is 18.6. The molecule has 0 aliphatic carbocycles. The highest BCUT2D eigenvalue weighted by atomic mass is 16.5. The molecule has 1 aromatic carbocycles. The molecule has 1 saturated heterocycles. The van der Waals surface area contributed by atoms with Crippen LogP contribution in [0, 0.1) is 0 Å². The van der Waals surface area contributed by atoms with Gasteiger partial charge in [-0.2, -0.15) is 0 Å². The van der Waals surface area contributed by atoms with E-state index in [4.69, 9.17) is 9.47 Å². The summed E-state index contributed by atoms with van der Waals surface area (Å²) in [6.45, 7) is 11.0. The fourth-order valence-corrected chi connectivity index (χ4v) is 3.70. The Bertz CT molecular complexity index is 632. The lowest BCUT2D eigenvalue weighted by atomic mass is 9.90. The van der Waals surface area contributed by atoms with E-state index < -0.39 is 0 Å². The van der Waals surface area contributed by atoms with Crippen LogP contribution < -0.4 is 15.4 Å². The maximum atomic E-state index is 6.12. The lowest BCUT2D eigenvalue weighted by Crippen LogP contribution is -2.49. The molecule has 144 valence electrons. The number of rotatable bonds is 4. The topological polar surface area (TPSA) is 58.1 Å². The zero-order valence-corrected chi connectivity index (χ0v) is 16.4. The van der Waals surface area contributed by atoms with Crippen LogP contribution in [-0.2, 0) is 4.74 Å². The predicted octanol–water partition coefficient (Wildman–Crippen LogP) is 2.17. The maximum absolute atomic E-state index is 6.12. The van der Waals surface area contributed by atoms with Crippen LogP contribution in [0.4, 0.5) is 0 Å². The van der Waals surface area contributed by atoms with Crippen LogP contribution in [0.1, 0.15) is 38.8 Å². The lowest BCUT2D eigenvalue weighted by molar-refractivity contribution is 0.000868. The van der Waals surface area contributed by atoms with E-state index in [1.165, 1.54) is 5.56 Å². The van der Waals surface area contributed by atoms with Gasteiger partial charge in [-0.25, -0.2) is 0 Å². The van der Waals surface area contributed by atoms with Gasteiger partial charge in [0.15, 0.2) is 5.96 Å². The molecule has 0 bridgehead atoms. The largest absolute Gasteiger partial charge is 0.487 e. The third kappa shape index (κ3) is 4.68. The molecule has 0 spiro atoms. The number of guanidine groups is 1. The summed E-state index contributed by atoms with van der Waals surface area (Å²) in [5.41, 5.74) is 0.991. The minimum absolute atomic E-state index is 0.184. The van der Waals surface area contributed by atoms with Crippen molar-refractivity contribution < 1.29 is 9.47 Å². The number of nitrogens with one attached hydrogen (secondary N) is 2. The molecule has 2 unspecified atom stereocenters. The van der Waals surface area contributed by atoms with E-state index in [0.29, 0.717) is 6.04 Å². The van der Waals surface area contributed by atoms with Crippen molar-refractivity contribution in [3.8, 4) is 5.75 Å². The first kappa shape index (κ1) is 19.0. The predicted molar refractivity (Wildman–Crippen MR) is 105 cm³/mol. The van der Waals surface area contributed by atoms with Crippen molar-refractivity contribution >= 4 is 5.96 Å². The number of aliphatic imine (C=N–C) groups is 1. The first-order valence-corrected chi connectivity index (χ1v) is 9.55. The second-order valence-electron chi connectivity index (χ2n) is 7.76. The van der Waals surface area contributed by atoms with E-state index >= 15 is 0 Å². The van der Waals surface area contributed by atoms with Gasteiger partial charge < -0.3 is 20.1 Å². The summed E-state index contributed by atoms with van der Waals surface area (Å²) in [6.07, 6.45) is 0.894. The van der Waals surface area contributed by atoms with Gasteiger partial charge in [0, 0.05) is 44.7 Å². The molecule has 0 radical (unpaired) electrons. The fourth-order valence-electron chi connectivity index (χ4n) is 3.70. The Labute approximate surface area is 157 Å². The first-order chi connectivity index (χ1) is 12.5. The quantitative estimate of drug-likeness (QED) is 0.637. The van der Waals surface area contributed by atoms with Crippen LogP contribution in [0.3, 0.4) is 0 Å². The molecule has 6 nitrogen and oxygen atoms in total. The van der Waals surface area contributed by atoms with Crippen molar-refractivity contribution in [3.63, 3.8) is 0 Å². The molecule has 2 aliphatic heterocycles. The molecule has 2 heterocycles. The fraction of sp³-hybridized carbons (Fsp3) is 0.650. The van der Waals surface area contributed by atoms with E-state index in [0.717, 1.165) is 51.0 Å². The highest BCUT2D eigenvalue weighted by molar-refractivity contribution is 5.80. The van der Waals surface area contributed by atoms with Crippen molar-refractivity contribution in [3.05, 3.63) is 29.8 Å². The van der Waals surface area contributed by atoms with Crippen LogP contribution in [0.25, 0.3) is 0 Å². The maximum Gasteiger partial charge on any atom is 0.191 e. The van der Waals surface area contributed by atoms with E-state index in [1.54, 1.807) is 0 Å². The molecule has 6 heteroatoms. The first-order valence-electron chi connectivity index (χ1n) is 9.55. The second kappa shape index (κ2) is 8.27. The molecule has 2 N–H and O–H groups in total. The van der Waals surface area contributed by atoms with E-state index in [-0.39, 0.29) is 11.6 Å². The van der Waals surface area contributed by atoms with Gasteiger partial charge in [-0.1, -0.05) is 18.2 Å². The molecule has 0 aromatic heterocycles. The van der Waals surface area contributed by atoms with Crippen molar-refractivity contribution in [1.82, 2.24) is 15.5 Å². The molecule has 0 saturated carbocycles. The molecule has 26 heavy (non-hydrogen) atoms. The van der Waals surface area contributed by atoms with Gasteiger partial charge >= 0.3 is 0 Å². The van der Waals surface area contributed by atoms with Crippen LogP contribution in [0.15, 0.2) is 29.3 Å². The van der Waals surface area contributed by atoms with Crippen molar-refractivity contribution in [2.45, 2.75) is 44.9 Å². The number of hydrogen-bond donors (Lipinski definition) is 2. The normalized spacial score (nSPS) is 25.9. The monoisotopic (exact) mass is 360 g/mol. The third-order valence-corrected chi connectivity index (χ3v) is 5.11. The Morgan fingerprint density at radius 1 is 1.35 bits per heavy atom. The SMILES string of the molecule is CN=C(NCCN1CCOCC1C)NC1CC(C)(C)Oc2ccccc21. The number of ether oxygens (including phenoxy) is 2. The minimum Gasteiger partial charge on any atom is -0.487 e. The average molecular weight is 361 g/mol. The standard InChI is InChI=1S/C20H32N4O2/c1-15-14-25-12-11-24(15)10-9-22-19(21-4)23-17-13-20(2,3)26-18-8-6-5-7-16(17)18/h5-8,15,17H,9-14H2,1-4H3,(H2,21,22,23). The Balaban J connectivity index is 1.58. The van der Waals surface area contributed by atoms with Gasteiger partial charge in [-0.3, -0.25) is 9.89 Å². The van der Waals surface area contributed by atoms with Crippen molar-refractivity contribution in [2.24, 2.45) is 4.99 Å². The van der Waals surface area contributed by atoms with Crippen molar-refractivity contribution in [1.29, 1.82) is 0 Å². The van der Waals surface area contributed by atoms with E-state index in [9.17, 15) is 0 Å². The number of para-hydroxylation sites is 1. The number of morpholine rings is 1. The minimum atomic E-state index is -0.200. The Kier molecular flexibility index (Phi) is 6.04. The molecule has 2 aliphatic rings. The Morgan fingerprint density at radius 3 is 2.92 bits per heavy atom. The highest BCUT2D eigenvalue weighted by Gasteiger charge is 2.34. The highest BCUT2D eigenvalue weighted by Crippen LogP contribution is 2.39.